The van der Waals surface area contributed by atoms with Crippen molar-refractivity contribution in [3.63, 3.8) is 0 Å². The van der Waals surface area contributed by atoms with Crippen molar-refractivity contribution in [3.8, 4) is 0 Å². The molecule has 6 heteroatoms. The second-order valence-corrected chi connectivity index (χ2v) is 5.18. The fourth-order valence-electron chi connectivity index (χ4n) is 2.20. The van der Waals surface area contributed by atoms with Gasteiger partial charge in [0.05, 0.1) is 18.0 Å². The van der Waals surface area contributed by atoms with Gasteiger partial charge in [0, 0.05) is 20.1 Å². The maximum Gasteiger partial charge on any atom is 0.274 e. The highest BCUT2D eigenvalue weighted by atomic mass is 16.3. The molecule has 1 aliphatic heterocycles. The van der Waals surface area contributed by atoms with Gasteiger partial charge < -0.3 is 15.3 Å². The molecule has 0 radical (unpaired) electrons. The van der Waals surface area contributed by atoms with Crippen molar-refractivity contribution < 1.29 is 9.90 Å². The van der Waals surface area contributed by atoms with Gasteiger partial charge in [-0.05, 0) is 26.2 Å². The molecule has 0 spiro atoms. The van der Waals surface area contributed by atoms with Crippen LogP contribution in [-0.4, -0.2) is 51.6 Å². The molecular formula is C13H20N4O2. The third kappa shape index (κ3) is 3.41. The lowest BCUT2D eigenvalue weighted by Crippen LogP contribution is -2.34. The number of nitrogens with one attached hydrogen (secondary N) is 1. The number of amides is 1. The van der Waals surface area contributed by atoms with Gasteiger partial charge in [0.2, 0.25) is 0 Å². The summed E-state index contributed by atoms with van der Waals surface area (Å²) in [7, 11) is 1.75. The highest BCUT2D eigenvalue weighted by molar-refractivity contribution is 5.92. The molecule has 6 nitrogen and oxygen atoms in total. The van der Waals surface area contributed by atoms with E-state index in [9.17, 15) is 9.90 Å². The normalized spacial score (nSPS) is 23.8. The number of anilines is 1. The number of carbonyl (C=O) groups excluding carboxylic acids is 1. The van der Waals surface area contributed by atoms with Gasteiger partial charge >= 0.3 is 0 Å². The van der Waals surface area contributed by atoms with Crippen LogP contribution in [0.3, 0.4) is 0 Å². The Labute approximate surface area is 112 Å². The monoisotopic (exact) mass is 264 g/mol. The maximum atomic E-state index is 12.3. The molecule has 2 heterocycles. The van der Waals surface area contributed by atoms with E-state index in [-0.39, 0.29) is 5.91 Å². The Bertz CT molecular complexity index is 444. The van der Waals surface area contributed by atoms with E-state index in [1.54, 1.807) is 18.1 Å². The summed E-state index contributed by atoms with van der Waals surface area (Å²) in [5, 5.41) is 12.9. The lowest BCUT2D eigenvalue weighted by atomic mass is 9.98. The first-order chi connectivity index (χ1) is 9.02. The van der Waals surface area contributed by atoms with Crippen LogP contribution in [0.4, 0.5) is 5.82 Å². The average Bonchev–Trinajstić information content (AvgIpc) is 2.59. The zero-order valence-electron chi connectivity index (χ0n) is 11.4. The van der Waals surface area contributed by atoms with E-state index in [0.29, 0.717) is 31.0 Å². The summed E-state index contributed by atoms with van der Waals surface area (Å²) < 4.78 is 0. The highest BCUT2D eigenvalue weighted by Gasteiger charge is 2.27. The molecule has 0 aliphatic carbocycles. The third-order valence-corrected chi connectivity index (χ3v) is 3.48. The Morgan fingerprint density at radius 1 is 1.37 bits per heavy atom. The molecule has 2 rings (SSSR count). The predicted molar refractivity (Wildman–Crippen MR) is 72.0 cm³/mol. The Kier molecular flexibility index (Phi) is 3.99. The molecule has 0 bridgehead atoms. The SMILES string of the molecule is CNc1cnc(C(=O)N2CCCC(C)(O)CC2)cn1. The van der Waals surface area contributed by atoms with Crippen molar-refractivity contribution in [2.24, 2.45) is 0 Å². The molecule has 104 valence electrons. The van der Waals surface area contributed by atoms with Gasteiger partial charge in [-0.15, -0.1) is 0 Å². The van der Waals surface area contributed by atoms with Crippen LogP contribution in [-0.2, 0) is 0 Å². The van der Waals surface area contributed by atoms with Gasteiger partial charge in [0.25, 0.3) is 5.91 Å². The molecule has 1 aliphatic rings. The quantitative estimate of drug-likeness (QED) is 0.829. The first-order valence-electron chi connectivity index (χ1n) is 6.53. The minimum absolute atomic E-state index is 0.118. The minimum atomic E-state index is -0.670. The molecule has 1 amide bonds. The molecule has 1 saturated heterocycles. The van der Waals surface area contributed by atoms with Crippen molar-refractivity contribution in [3.05, 3.63) is 18.1 Å². The number of nitrogens with zero attached hydrogens (tertiary/aromatic N) is 3. The van der Waals surface area contributed by atoms with Crippen molar-refractivity contribution in [1.29, 1.82) is 0 Å². The number of hydrogen-bond acceptors (Lipinski definition) is 5. The largest absolute Gasteiger partial charge is 0.390 e. The number of likely N-dealkylation sites (tertiary alicyclic amines) is 1. The van der Waals surface area contributed by atoms with E-state index in [2.05, 4.69) is 15.3 Å². The van der Waals surface area contributed by atoms with Crippen molar-refractivity contribution in [2.75, 3.05) is 25.5 Å². The number of hydrogen-bond donors (Lipinski definition) is 2. The molecule has 1 aromatic rings. The summed E-state index contributed by atoms with van der Waals surface area (Å²) >= 11 is 0. The Hall–Kier alpha value is -1.69. The van der Waals surface area contributed by atoms with E-state index in [0.717, 1.165) is 12.8 Å². The topological polar surface area (TPSA) is 78.4 Å². The Balaban J connectivity index is 2.06. The minimum Gasteiger partial charge on any atom is -0.390 e. The molecule has 0 saturated carbocycles. The molecule has 1 fully saturated rings. The summed E-state index contributed by atoms with van der Waals surface area (Å²) in [4.78, 5) is 22.2. The molecule has 19 heavy (non-hydrogen) atoms. The van der Waals surface area contributed by atoms with E-state index >= 15 is 0 Å². The van der Waals surface area contributed by atoms with Gasteiger partial charge in [-0.1, -0.05) is 0 Å². The summed E-state index contributed by atoms with van der Waals surface area (Å²) in [5.74, 6) is 0.517. The smallest absolute Gasteiger partial charge is 0.274 e. The fraction of sp³-hybridized carbons (Fsp3) is 0.615. The van der Waals surface area contributed by atoms with Gasteiger partial charge in [-0.3, -0.25) is 4.79 Å². The fourth-order valence-corrected chi connectivity index (χ4v) is 2.20. The van der Waals surface area contributed by atoms with Gasteiger partial charge in [0.1, 0.15) is 11.5 Å². The summed E-state index contributed by atoms with van der Waals surface area (Å²) in [6, 6.07) is 0. The van der Waals surface area contributed by atoms with Gasteiger partial charge in [-0.25, -0.2) is 9.97 Å². The Morgan fingerprint density at radius 3 is 2.79 bits per heavy atom. The number of rotatable bonds is 2. The van der Waals surface area contributed by atoms with E-state index in [1.165, 1.54) is 6.20 Å². The number of aromatic nitrogens is 2. The molecule has 1 aromatic heterocycles. The van der Waals surface area contributed by atoms with Gasteiger partial charge in [-0.2, -0.15) is 0 Å². The van der Waals surface area contributed by atoms with Gasteiger partial charge in [0.15, 0.2) is 0 Å². The van der Waals surface area contributed by atoms with Crippen molar-refractivity contribution in [2.45, 2.75) is 31.8 Å². The zero-order valence-corrected chi connectivity index (χ0v) is 11.4. The third-order valence-electron chi connectivity index (χ3n) is 3.48. The van der Waals surface area contributed by atoms with E-state index in [1.807, 2.05) is 6.92 Å². The zero-order chi connectivity index (χ0) is 13.9. The Morgan fingerprint density at radius 2 is 2.16 bits per heavy atom. The highest BCUT2D eigenvalue weighted by Crippen LogP contribution is 2.22. The second kappa shape index (κ2) is 5.52. The molecule has 0 aromatic carbocycles. The number of aliphatic hydroxyl groups is 1. The second-order valence-electron chi connectivity index (χ2n) is 5.18. The molecule has 1 atom stereocenters. The van der Waals surface area contributed by atoms with Crippen molar-refractivity contribution in [1.82, 2.24) is 14.9 Å². The summed E-state index contributed by atoms with van der Waals surface area (Å²) in [5.41, 5.74) is -0.322. The van der Waals surface area contributed by atoms with Crippen LogP contribution in [0, 0.1) is 0 Å². The standard InChI is InChI=1S/C13H20N4O2/c1-13(19)4-3-6-17(7-5-13)12(18)10-8-16-11(14-2)9-15-10/h8-9,19H,3-7H2,1-2H3,(H,14,16). The average molecular weight is 264 g/mol. The van der Waals surface area contributed by atoms with Crippen LogP contribution in [0.1, 0.15) is 36.7 Å². The first kappa shape index (κ1) is 13.7. The lowest BCUT2D eigenvalue weighted by Gasteiger charge is -2.22. The lowest BCUT2D eigenvalue weighted by molar-refractivity contribution is 0.0437. The van der Waals surface area contributed by atoms with Crippen LogP contribution in [0.2, 0.25) is 0 Å². The van der Waals surface area contributed by atoms with Crippen LogP contribution in [0.25, 0.3) is 0 Å². The molecule has 1 unspecified atom stereocenters. The summed E-state index contributed by atoms with van der Waals surface area (Å²) in [6.45, 7) is 3.04. The van der Waals surface area contributed by atoms with Crippen LogP contribution in [0.5, 0.6) is 0 Å². The maximum absolute atomic E-state index is 12.3. The van der Waals surface area contributed by atoms with Crippen LogP contribution >= 0.6 is 0 Å². The van der Waals surface area contributed by atoms with Crippen molar-refractivity contribution >= 4 is 11.7 Å². The molecular weight excluding hydrogens is 244 g/mol. The number of carbonyl (C=O) groups is 1. The molecule has 2 N–H and O–H groups in total. The van der Waals surface area contributed by atoms with Crippen LogP contribution in [0.15, 0.2) is 12.4 Å². The van der Waals surface area contributed by atoms with E-state index in [4.69, 9.17) is 0 Å². The van der Waals surface area contributed by atoms with Crippen LogP contribution < -0.4 is 5.32 Å². The summed E-state index contributed by atoms with van der Waals surface area (Å²) in [6.07, 6.45) is 5.15. The van der Waals surface area contributed by atoms with E-state index < -0.39 is 5.60 Å². The predicted octanol–water partition coefficient (Wildman–Crippen LogP) is 0.895. The first-order valence-corrected chi connectivity index (χ1v) is 6.53.